The van der Waals surface area contributed by atoms with Crippen molar-refractivity contribution in [2.75, 3.05) is 13.2 Å². The van der Waals surface area contributed by atoms with Crippen molar-refractivity contribution < 1.29 is 43.0 Å². The van der Waals surface area contributed by atoms with Crippen molar-refractivity contribution in [3.63, 3.8) is 0 Å². The Kier molecular flexibility index (Phi) is 33.6. The first-order valence-corrected chi connectivity index (χ1v) is 20.5. The molecule has 0 fully saturated rings. The fourth-order valence-electron chi connectivity index (χ4n) is 4.66. The molecule has 0 radical (unpaired) electrons. The van der Waals surface area contributed by atoms with E-state index in [0.717, 1.165) is 51.4 Å². The smallest absolute Gasteiger partial charge is 0.462 e. The van der Waals surface area contributed by atoms with Crippen LogP contribution >= 0.6 is 7.82 Å². The zero-order valence-electron chi connectivity index (χ0n) is 31.3. The number of carbonyl (C=O) groups is 2. The maximum absolute atomic E-state index is 12.4. The SMILES string of the molecule is CC/C=C\C/C=C\C/C=C\C/C=C\CCCCC(=O)OC[C@H](COP(=O)(O)O)OC(=O)CCCC(O)/C=C/C=C/C/C=C/CCCCCCCC. The summed E-state index contributed by atoms with van der Waals surface area (Å²) in [7, 11) is -4.82. The third-order valence-corrected chi connectivity index (χ3v) is 7.99. The minimum atomic E-state index is -4.82. The third kappa shape index (κ3) is 38.3. The molecule has 1 unspecified atom stereocenters. The highest BCUT2D eigenvalue weighted by Gasteiger charge is 2.23. The van der Waals surface area contributed by atoms with Gasteiger partial charge in [0.25, 0.3) is 0 Å². The molecule has 0 saturated carbocycles. The number of phosphoric acid groups is 1. The number of rotatable bonds is 33. The molecule has 0 rings (SSSR count). The highest BCUT2D eigenvalue weighted by atomic mass is 31.2. The van der Waals surface area contributed by atoms with E-state index in [4.69, 9.17) is 19.3 Å². The van der Waals surface area contributed by atoms with Crippen LogP contribution in [0.3, 0.4) is 0 Å². The van der Waals surface area contributed by atoms with Gasteiger partial charge >= 0.3 is 19.8 Å². The number of ether oxygens (including phenoxy) is 2. The number of phosphoric ester groups is 1. The number of aliphatic hydroxyl groups is 1. The quantitative estimate of drug-likeness (QED) is 0.0198. The van der Waals surface area contributed by atoms with Gasteiger partial charge in [-0.1, -0.05) is 131 Å². The Morgan fingerprint density at radius 2 is 1.18 bits per heavy atom. The van der Waals surface area contributed by atoms with E-state index in [9.17, 15) is 19.3 Å². The molecule has 0 aromatic heterocycles. The van der Waals surface area contributed by atoms with Crippen LogP contribution in [-0.4, -0.2) is 52.3 Å². The lowest BCUT2D eigenvalue weighted by atomic mass is 10.1. The van der Waals surface area contributed by atoms with Gasteiger partial charge in [-0.3, -0.25) is 14.1 Å². The van der Waals surface area contributed by atoms with Gasteiger partial charge in [-0.2, -0.15) is 0 Å². The van der Waals surface area contributed by atoms with Crippen LogP contribution in [0.15, 0.2) is 85.1 Å². The molecule has 290 valence electrons. The normalized spacial score (nSPS) is 14.1. The second-order valence-electron chi connectivity index (χ2n) is 12.4. The van der Waals surface area contributed by atoms with Crippen LogP contribution in [0.25, 0.3) is 0 Å². The fourth-order valence-corrected chi connectivity index (χ4v) is 5.03. The number of carbonyl (C=O) groups excluding carboxylic acids is 2. The van der Waals surface area contributed by atoms with Gasteiger partial charge in [0.15, 0.2) is 6.10 Å². The van der Waals surface area contributed by atoms with E-state index in [1.54, 1.807) is 12.2 Å². The summed E-state index contributed by atoms with van der Waals surface area (Å²) in [6.45, 7) is 3.34. The summed E-state index contributed by atoms with van der Waals surface area (Å²) in [5, 5.41) is 10.2. The zero-order valence-corrected chi connectivity index (χ0v) is 32.2. The molecule has 0 saturated heterocycles. The monoisotopic (exact) mass is 734 g/mol. The van der Waals surface area contributed by atoms with E-state index in [0.29, 0.717) is 19.3 Å². The van der Waals surface area contributed by atoms with Crippen molar-refractivity contribution in [2.45, 2.75) is 148 Å². The van der Waals surface area contributed by atoms with Crippen molar-refractivity contribution in [1.82, 2.24) is 0 Å². The van der Waals surface area contributed by atoms with E-state index >= 15 is 0 Å². The first kappa shape index (κ1) is 48.2. The van der Waals surface area contributed by atoms with Crippen molar-refractivity contribution >= 4 is 19.8 Å². The predicted molar refractivity (Wildman–Crippen MR) is 208 cm³/mol. The summed E-state index contributed by atoms with van der Waals surface area (Å²) in [5.74, 6) is -1.14. The molecule has 0 bridgehead atoms. The number of esters is 2. The first-order valence-electron chi connectivity index (χ1n) is 19.0. The average molecular weight is 735 g/mol. The molecule has 0 amide bonds. The van der Waals surface area contributed by atoms with E-state index < -0.39 is 38.6 Å². The maximum Gasteiger partial charge on any atom is 0.469 e. The molecule has 0 spiro atoms. The van der Waals surface area contributed by atoms with Crippen molar-refractivity contribution in [2.24, 2.45) is 0 Å². The number of hydrogen-bond donors (Lipinski definition) is 3. The molecule has 0 aliphatic rings. The zero-order chi connectivity index (χ0) is 37.7. The minimum absolute atomic E-state index is 0.0260. The van der Waals surface area contributed by atoms with Gasteiger partial charge in [-0.25, -0.2) is 4.57 Å². The summed E-state index contributed by atoms with van der Waals surface area (Å²) >= 11 is 0. The Morgan fingerprint density at radius 3 is 1.80 bits per heavy atom. The summed E-state index contributed by atoms with van der Waals surface area (Å²) in [6.07, 6.45) is 43.4. The van der Waals surface area contributed by atoms with Gasteiger partial charge < -0.3 is 24.4 Å². The molecular weight excluding hydrogens is 667 g/mol. The van der Waals surface area contributed by atoms with Gasteiger partial charge in [-0.15, -0.1) is 0 Å². The molecule has 2 atom stereocenters. The van der Waals surface area contributed by atoms with Crippen molar-refractivity contribution in [1.29, 1.82) is 0 Å². The van der Waals surface area contributed by atoms with Gasteiger partial charge in [0.05, 0.1) is 12.7 Å². The summed E-state index contributed by atoms with van der Waals surface area (Å²) in [5.41, 5.74) is 0. The number of unbranched alkanes of at least 4 members (excludes halogenated alkanes) is 8. The Morgan fingerprint density at radius 1 is 0.627 bits per heavy atom. The van der Waals surface area contributed by atoms with Crippen molar-refractivity contribution in [3.8, 4) is 0 Å². The number of aliphatic hydroxyl groups excluding tert-OH is 1. The van der Waals surface area contributed by atoms with Crippen LogP contribution in [0.4, 0.5) is 0 Å². The number of allylic oxidation sites excluding steroid dienone is 13. The Balaban J connectivity index is 4.26. The maximum atomic E-state index is 12.4. The second-order valence-corrected chi connectivity index (χ2v) is 13.6. The third-order valence-electron chi connectivity index (χ3n) is 7.50. The molecule has 10 heteroatoms. The van der Waals surface area contributed by atoms with Crippen LogP contribution in [0.1, 0.15) is 136 Å². The topological polar surface area (TPSA) is 140 Å². The Hall–Kier alpha value is -2.81. The van der Waals surface area contributed by atoms with Crippen LogP contribution in [0, 0.1) is 0 Å². The van der Waals surface area contributed by atoms with Gasteiger partial charge in [0.2, 0.25) is 0 Å². The molecule has 0 aliphatic heterocycles. The summed E-state index contributed by atoms with van der Waals surface area (Å²) < 4.78 is 26.1. The Labute approximate surface area is 308 Å². The number of hydrogen-bond acceptors (Lipinski definition) is 7. The Bertz CT molecular complexity index is 1110. The summed E-state index contributed by atoms with van der Waals surface area (Å²) in [6, 6.07) is 0. The lowest BCUT2D eigenvalue weighted by Crippen LogP contribution is -2.29. The van der Waals surface area contributed by atoms with Gasteiger partial charge in [0.1, 0.15) is 6.61 Å². The summed E-state index contributed by atoms with van der Waals surface area (Å²) in [4.78, 5) is 42.7. The molecule has 0 heterocycles. The standard InChI is InChI=1S/C41H67O9P/c1-3-5-7-9-11-13-15-17-18-20-22-24-26-28-30-34-40(43)48-36-39(37-49-51(45,46)47)50-41(44)35-31-33-38(42)32-29-27-25-23-21-19-16-14-12-10-8-6-4-2/h5,7,11,13,17-19,21-22,24-25,27,29,32,38-39,42H,3-4,6,8-10,12,14-16,20,23,26,28,30-31,33-37H2,1-2H3,(H2,45,46,47)/b7-5-,13-11-,18-17-,21-19+,24-22-,27-25+,32-29+/t38?,39-/m1/s1. The lowest BCUT2D eigenvalue weighted by Gasteiger charge is -2.18. The molecule has 51 heavy (non-hydrogen) atoms. The van der Waals surface area contributed by atoms with E-state index in [-0.39, 0.29) is 19.4 Å². The van der Waals surface area contributed by atoms with Crippen LogP contribution in [0.5, 0.6) is 0 Å². The second kappa shape index (κ2) is 35.6. The largest absolute Gasteiger partial charge is 0.469 e. The van der Waals surface area contributed by atoms with Crippen LogP contribution in [-0.2, 0) is 28.2 Å². The lowest BCUT2D eigenvalue weighted by molar-refractivity contribution is -0.161. The average Bonchev–Trinajstić information content (AvgIpc) is 3.09. The fraction of sp³-hybridized carbons (Fsp3) is 0.610. The van der Waals surface area contributed by atoms with Gasteiger partial charge in [-0.05, 0) is 77.0 Å². The van der Waals surface area contributed by atoms with Crippen molar-refractivity contribution in [3.05, 3.63) is 85.1 Å². The minimum Gasteiger partial charge on any atom is -0.462 e. The first-order chi connectivity index (χ1) is 24.7. The molecule has 3 N–H and O–H groups in total. The van der Waals surface area contributed by atoms with Gasteiger partial charge in [0, 0.05) is 12.8 Å². The highest BCUT2D eigenvalue weighted by molar-refractivity contribution is 7.46. The highest BCUT2D eigenvalue weighted by Crippen LogP contribution is 2.35. The molecular formula is C41H67O9P. The van der Waals surface area contributed by atoms with E-state index in [1.807, 2.05) is 12.2 Å². The van der Waals surface area contributed by atoms with Crippen LogP contribution < -0.4 is 0 Å². The molecule has 0 aromatic carbocycles. The molecule has 0 aliphatic carbocycles. The van der Waals surface area contributed by atoms with E-state index in [1.165, 1.54) is 38.5 Å². The molecule has 9 nitrogen and oxygen atoms in total. The van der Waals surface area contributed by atoms with Crippen LogP contribution in [0.2, 0.25) is 0 Å². The molecule has 0 aromatic rings. The predicted octanol–water partition coefficient (Wildman–Crippen LogP) is 10.3. The van der Waals surface area contributed by atoms with E-state index in [2.05, 4.69) is 79.1 Å².